The monoisotopic (exact) mass is 338 g/mol. The Kier molecular flexibility index (Phi) is 7.11. The van der Waals surface area contributed by atoms with Gasteiger partial charge in [0.15, 0.2) is 0 Å². The van der Waals surface area contributed by atoms with Crippen LogP contribution in [0.1, 0.15) is 116 Å². The highest BCUT2D eigenvalue weighted by Crippen LogP contribution is 2.67. The van der Waals surface area contributed by atoms with Gasteiger partial charge < -0.3 is 4.57 Å². The van der Waals surface area contributed by atoms with Gasteiger partial charge in [-0.2, -0.15) is 0 Å². The second kappa shape index (κ2) is 9.07. The first kappa shape index (κ1) is 18.0. The minimum atomic E-state index is -2.03. The maximum atomic E-state index is 14.7. The molecule has 2 heteroatoms. The Labute approximate surface area is 144 Å². The molecule has 0 saturated heterocycles. The van der Waals surface area contributed by atoms with Crippen molar-refractivity contribution in [1.29, 1.82) is 0 Å². The summed E-state index contributed by atoms with van der Waals surface area (Å²) in [5.74, 6) is 0. The molecule has 23 heavy (non-hydrogen) atoms. The van der Waals surface area contributed by atoms with E-state index in [-0.39, 0.29) is 0 Å². The molecule has 0 spiro atoms. The highest BCUT2D eigenvalue weighted by molar-refractivity contribution is 7.66. The predicted molar refractivity (Wildman–Crippen MR) is 102 cm³/mol. The zero-order valence-corrected chi connectivity index (χ0v) is 16.2. The minimum Gasteiger partial charge on any atom is -0.323 e. The van der Waals surface area contributed by atoms with Crippen LogP contribution in [0.15, 0.2) is 0 Å². The highest BCUT2D eigenvalue weighted by atomic mass is 31.2. The minimum absolute atomic E-state index is 0.608. The Balaban J connectivity index is 1.84. The highest BCUT2D eigenvalue weighted by Gasteiger charge is 2.45. The van der Waals surface area contributed by atoms with Crippen LogP contribution >= 0.6 is 7.14 Å². The topological polar surface area (TPSA) is 17.1 Å². The van der Waals surface area contributed by atoms with Crippen molar-refractivity contribution in [2.75, 3.05) is 0 Å². The molecule has 3 aliphatic rings. The average molecular weight is 339 g/mol. The summed E-state index contributed by atoms with van der Waals surface area (Å²) in [5.41, 5.74) is 1.82. The summed E-state index contributed by atoms with van der Waals surface area (Å²) in [7, 11) is -2.03. The van der Waals surface area contributed by atoms with Crippen LogP contribution in [-0.4, -0.2) is 17.0 Å². The molecule has 0 atom stereocenters. The largest absolute Gasteiger partial charge is 0.323 e. The van der Waals surface area contributed by atoms with Crippen LogP contribution in [0, 0.1) is 0 Å². The third-order valence-electron chi connectivity index (χ3n) is 7.19. The molecular formula is C21H39OP. The van der Waals surface area contributed by atoms with E-state index in [0.717, 1.165) is 0 Å². The molecule has 134 valence electrons. The van der Waals surface area contributed by atoms with Crippen LogP contribution in [-0.2, 0) is 4.57 Å². The van der Waals surface area contributed by atoms with Crippen molar-refractivity contribution in [2.24, 2.45) is 0 Å². The van der Waals surface area contributed by atoms with Crippen molar-refractivity contribution in [3.8, 4) is 0 Å². The van der Waals surface area contributed by atoms with Crippen LogP contribution in [0.4, 0.5) is 0 Å². The van der Waals surface area contributed by atoms with Crippen LogP contribution in [0.3, 0.4) is 0 Å². The van der Waals surface area contributed by atoms with Crippen molar-refractivity contribution in [1.82, 2.24) is 0 Å². The molecule has 0 aliphatic heterocycles. The van der Waals surface area contributed by atoms with E-state index >= 15 is 0 Å². The van der Waals surface area contributed by atoms with Crippen LogP contribution < -0.4 is 0 Å². The van der Waals surface area contributed by atoms with E-state index in [1.165, 1.54) is 116 Å². The van der Waals surface area contributed by atoms with Crippen LogP contribution in [0.5, 0.6) is 0 Å². The van der Waals surface area contributed by atoms with Gasteiger partial charge in [0.1, 0.15) is 0 Å². The van der Waals surface area contributed by atoms with E-state index in [1.54, 1.807) is 0 Å². The molecule has 3 aliphatic carbocycles. The van der Waals surface area contributed by atoms with Crippen molar-refractivity contribution in [2.45, 2.75) is 133 Å². The van der Waals surface area contributed by atoms with E-state index in [9.17, 15) is 4.57 Å². The molecule has 0 aromatic carbocycles. The lowest BCUT2D eigenvalue weighted by Crippen LogP contribution is -2.27. The molecule has 0 aromatic heterocycles. The molecule has 3 rings (SSSR count). The fraction of sp³-hybridized carbons (Fsp3) is 1.00. The second-order valence-corrected chi connectivity index (χ2v) is 12.4. The first-order chi connectivity index (χ1) is 11.3. The van der Waals surface area contributed by atoms with Gasteiger partial charge in [-0.3, -0.25) is 0 Å². The molecule has 0 bridgehead atoms. The number of hydrogen-bond acceptors (Lipinski definition) is 1. The zero-order chi connectivity index (χ0) is 16.0. The fourth-order valence-electron chi connectivity index (χ4n) is 5.88. The fourth-order valence-corrected chi connectivity index (χ4v) is 11.2. The lowest BCUT2D eigenvalue weighted by molar-refractivity contribution is 0.501. The summed E-state index contributed by atoms with van der Waals surface area (Å²) in [5, 5.41) is 0. The third kappa shape index (κ3) is 4.45. The van der Waals surface area contributed by atoms with Crippen LogP contribution in [0.25, 0.3) is 0 Å². The first-order valence-electron chi connectivity index (χ1n) is 10.9. The quantitative estimate of drug-likeness (QED) is 0.384. The Morgan fingerprint density at radius 1 is 0.391 bits per heavy atom. The summed E-state index contributed by atoms with van der Waals surface area (Å²) in [6.45, 7) is 0. The van der Waals surface area contributed by atoms with Gasteiger partial charge >= 0.3 is 0 Å². The maximum absolute atomic E-state index is 14.7. The zero-order valence-electron chi connectivity index (χ0n) is 15.3. The summed E-state index contributed by atoms with van der Waals surface area (Å²) < 4.78 is 14.7. The van der Waals surface area contributed by atoms with Crippen molar-refractivity contribution >= 4 is 7.14 Å². The van der Waals surface area contributed by atoms with Gasteiger partial charge in [0.2, 0.25) is 0 Å². The van der Waals surface area contributed by atoms with Gasteiger partial charge in [-0.05, 0) is 38.5 Å². The Hall–Kier alpha value is 0.230. The standard InChI is InChI=1S/C21H39OP/c22-23(19-13-7-1-2-8-14-19,20-15-9-3-4-10-16-20)21-17-11-5-6-12-18-21/h19-21H,1-18H2. The molecule has 0 amide bonds. The van der Waals surface area contributed by atoms with Gasteiger partial charge in [-0.25, -0.2) is 0 Å². The van der Waals surface area contributed by atoms with E-state index in [1.807, 2.05) is 0 Å². The molecule has 0 radical (unpaired) electrons. The van der Waals surface area contributed by atoms with Crippen molar-refractivity contribution in [3.63, 3.8) is 0 Å². The van der Waals surface area contributed by atoms with E-state index in [2.05, 4.69) is 0 Å². The lowest BCUT2D eigenvalue weighted by atomic mass is 10.2. The first-order valence-corrected chi connectivity index (χ1v) is 12.8. The average Bonchev–Trinajstić information content (AvgIpc) is 3.10. The molecule has 0 heterocycles. The lowest BCUT2D eigenvalue weighted by Gasteiger charge is -2.39. The smallest absolute Gasteiger partial charge is 0.0964 e. The van der Waals surface area contributed by atoms with Crippen molar-refractivity contribution in [3.05, 3.63) is 0 Å². The number of rotatable bonds is 3. The Bertz CT molecular complexity index is 310. The van der Waals surface area contributed by atoms with Gasteiger partial charge in [-0.1, -0.05) is 77.0 Å². The summed E-state index contributed by atoms with van der Waals surface area (Å²) in [4.78, 5) is 0. The Morgan fingerprint density at radius 2 is 0.609 bits per heavy atom. The molecular weight excluding hydrogens is 299 g/mol. The summed E-state index contributed by atoms with van der Waals surface area (Å²) in [6.07, 6.45) is 24.3. The Morgan fingerprint density at radius 3 is 0.826 bits per heavy atom. The molecule has 0 aromatic rings. The van der Waals surface area contributed by atoms with Gasteiger partial charge in [-0.15, -0.1) is 0 Å². The second-order valence-electron chi connectivity index (χ2n) is 8.70. The SMILES string of the molecule is O=P(C1CCCCCC1)(C1CCCCCC1)C1CCCCCC1. The normalized spacial score (nSPS) is 28.0. The molecule has 0 unspecified atom stereocenters. The van der Waals surface area contributed by atoms with Gasteiger partial charge in [0, 0.05) is 17.0 Å². The van der Waals surface area contributed by atoms with Gasteiger partial charge in [0.25, 0.3) is 0 Å². The molecule has 3 saturated carbocycles. The number of hydrogen-bond donors (Lipinski definition) is 0. The van der Waals surface area contributed by atoms with Crippen molar-refractivity contribution < 1.29 is 4.57 Å². The molecule has 0 N–H and O–H groups in total. The van der Waals surface area contributed by atoms with E-state index in [0.29, 0.717) is 17.0 Å². The maximum Gasteiger partial charge on any atom is 0.0964 e. The molecule has 3 fully saturated rings. The molecule has 1 nitrogen and oxygen atoms in total. The summed E-state index contributed by atoms with van der Waals surface area (Å²) >= 11 is 0. The van der Waals surface area contributed by atoms with E-state index < -0.39 is 7.14 Å². The van der Waals surface area contributed by atoms with Crippen LogP contribution in [0.2, 0.25) is 0 Å². The third-order valence-corrected chi connectivity index (χ3v) is 12.2. The summed E-state index contributed by atoms with van der Waals surface area (Å²) in [6, 6.07) is 0. The van der Waals surface area contributed by atoms with E-state index in [4.69, 9.17) is 0 Å². The predicted octanol–water partition coefficient (Wildman–Crippen LogP) is 7.52. The van der Waals surface area contributed by atoms with Gasteiger partial charge in [0.05, 0.1) is 7.14 Å².